The van der Waals surface area contributed by atoms with Gasteiger partial charge in [0.05, 0.1) is 0 Å². The number of aromatic amines is 1. The summed E-state index contributed by atoms with van der Waals surface area (Å²) in [4.78, 5) is 3.21. The summed E-state index contributed by atoms with van der Waals surface area (Å²) in [7, 11) is 0. The van der Waals surface area contributed by atoms with E-state index in [2.05, 4.69) is 56.6 Å². The third-order valence-corrected chi connectivity index (χ3v) is 5.72. The quantitative estimate of drug-likeness (QED) is 0.787. The molecule has 2 nitrogen and oxygen atoms in total. The van der Waals surface area contributed by atoms with Crippen molar-refractivity contribution in [1.29, 1.82) is 0 Å². The van der Waals surface area contributed by atoms with Crippen molar-refractivity contribution in [1.82, 2.24) is 9.55 Å². The molecule has 1 aromatic rings. The smallest absolute Gasteiger partial charge is 0.177 e. The van der Waals surface area contributed by atoms with Crippen LogP contribution in [0.25, 0.3) is 0 Å². The standard InChI is InChI=1S/C14H26N2S2/c1-7-14(8-2,18-6)10-16-11(13(3,4)5)9-15-12(16)17/h9H,7-8,10H2,1-6H3,(H,15,17). The molecular formula is C14H26N2S2. The molecular weight excluding hydrogens is 260 g/mol. The van der Waals surface area contributed by atoms with Crippen molar-refractivity contribution in [3.05, 3.63) is 16.7 Å². The Bertz CT molecular complexity index is 425. The zero-order valence-corrected chi connectivity index (χ0v) is 14.1. The van der Waals surface area contributed by atoms with Gasteiger partial charge in [-0.1, -0.05) is 34.6 Å². The van der Waals surface area contributed by atoms with Crippen molar-refractivity contribution in [2.24, 2.45) is 0 Å². The van der Waals surface area contributed by atoms with Crippen LogP contribution in [0.15, 0.2) is 6.20 Å². The maximum Gasteiger partial charge on any atom is 0.177 e. The van der Waals surface area contributed by atoms with Crippen molar-refractivity contribution in [2.75, 3.05) is 6.26 Å². The van der Waals surface area contributed by atoms with E-state index in [-0.39, 0.29) is 5.41 Å². The maximum atomic E-state index is 5.45. The highest BCUT2D eigenvalue weighted by Gasteiger charge is 2.28. The number of imidazole rings is 1. The molecule has 104 valence electrons. The first-order valence-electron chi connectivity index (χ1n) is 6.63. The molecule has 0 saturated heterocycles. The number of hydrogen-bond acceptors (Lipinski definition) is 2. The largest absolute Gasteiger partial charge is 0.337 e. The third-order valence-electron chi connectivity index (χ3n) is 3.80. The molecule has 1 N–H and O–H groups in total. The summed E-state index contributed by atoms with van der Waals surface area (Å²) in [6.07, 6.45) is 6.61. The molecule has 0 fully saturated rings. The highest BCUT2D eigenvalue weighted by atomic mass is 32.2. The van der Waals surface area contributed by atoms with Crippen LogP contribution in [-0.4, -0.2) is 20.6 Å². The highest BCUT2D eigenvalue weighted by molar-refractivity contribution is 8.00. The fourth-order valence-corrected chi connectivity index (χ4v) is 3.35. The number of nitrogens with one attached hydrogen (secondary N) is 1. The average Bonchev–Trinajstić information content (AvgIpc) is 2.67. The minimum absolute atomic E-state index is 0.124. The van der Waals surface area contributed by atoms with E-state index in [1.165, 1.54) is 18.5 Å². The molecule has 1 aromatic heterocycles. The van der Waals surface area contributed by atoms with Gasteiger partial charge in [0, 0.05) is 28.6 Å². The summed E-state index contributed by atoms with van der Waals surface area (Å²) in [5.74, 6) is 0. The Morgan fingerprint density at radius 1 is 1.28 bits per heavy atom. The zero-order chi connectivity index (χ0) is 14.0. The molecule has 0 unspecified atom stereocenters. The molecule has 0 radical (unpaired) electrons. The molecule has 18 heavy (non-hydrogen) atoms. The topological polar surface area (TPSA) is 20.7 Å². The monoisotopic (exact) mass is 286 g/mol. The minimum atomic E-state index is 0.124. The molecule has 0 atom stereocenters. The summed E-state index contributed by atoms with van der Waals surface area (Å²) in [6.45, 7) is 12.2. The minimum Gasteiger partial charge on any atom is -0.337 e. The van der Waals surface area contributed by atoms with Crippen molar-refractivity contribution in [2.45, 2.75) is 64.2 Å². The van der Waals surface area contributed by atoms with Gasteiger partial charge in [-0.15, -0.1) is 0 Å². The molecule has 4 heteroatoms. The molecule has 1 heterocycles. The number of hydrogen-bond donors (Lipinski definition) is 1. The predicted octanol–water partition coefficient (Wildman–Crippen LogP) is 4.76. The Morgan fingerprint density at radius 2 is 1.83 bits per heavy atom. The van der Waals surface area contributed by atoms with Gasteiger partial charge in [-0.25, -0.2) is 0 Å². The second-order valence-corrected chi connectivity index (χ2v) is 7.57. The Balaban J connectivity index is 3.18. The summed E-state index contributed by atoms with van der Waals surface area (Å²) < 4.78 is 3.43. The second-order valence-electron chi connectivity index (χ2n) is 5.91. The van der Waals surface area contributed by atoms with Crippen molar-refractivity contribution < 1.29 is 0 Å². The van der Waals surface area contributed by atoms with E-state index in [4.69, 9.17) is 12.2 Å². The first-order valence-corrected chi connectivity index (χ1v) is 8.27. The Hall–Kier alpha value is -0.220. The molecule has 1 rings (SSSR count). The van der Waals surface area contributed by atoms with Gasteiger partial charge in [0.2, 0.25) is 0 Å². The van der Waals surface area contributed by atoms with E-state index >= 15 is 0 Å². The summed E-state index contributed by atoms with van der Waals surface area (Å²) in [5.41, 5.74) is 1.42. The molecule has 0 saturated carbocycles. The highest BCUT2D eigenvalue weighted by Crippen LogP contribution is 2.34. The first-order chi connectivity index (χ1) is 8.29. The SMILES string of the molecule is CCC(CC)(Cn1c(C(C)(C)C)c[nH]c1=S)SC. The van der Waals surface area contributed by atoms with Crippen molar-refractivity contribution >= 4 is 24.0 Å². The van der Waals surface area contributed by atoms with Crippen LogP contribution < -0.4 is 0 Å². The van der Waals surface area contributed by atoms with E-state index in [0.29, 0.717) is 4.75 Å². The Kier molecular flexibility index (Phi) is 5.13. The van der Waals surface area contributed by atoms with Gasteiger partial charge in [0.15, 0.2) is 4.77 Å². The van der Waals surface area contributed by atoms with E-state index in [1.807, 2.05) is 11.8 Å². The molecule has 0 aliphatic heterocycles. The maximum absolute atomic E-state index is 5.45. The number of H-pyrrole nitrogens is 1. The number of aromatic nitrogens is 2. The van der Waals surface area contributed by atoms with Gasteiger partial charge >= 0.3 is 0 Å². The van der Waals surface area contributed by atoms with Gasteiger partial charge in [-0.05, 0) is 31.3 Å². The summed E-state index contributed by atoms with van der Waals surface area (Å²) in [6, 6.07) is 0. The fraction of sp³-hybridized carbons (Fsp3) is 0.786. The lowest BCUT2D eigenvalue weighted by molar-refractivity contribution is 0.429. The van der Waals surface area contributed by atoms with Gasteiger partial charge in [0.1, 0.15) is 0 Å². The second kappa shape index (κ2) is 5.83. The summed E-state index contributed by atoms with van der Waals surface area (Å²) in [5, 5.41) is 0. The molecule has 0 bridgehead atoms. The van der Waals surface area contributed by atoms with Gasteiger partial charge < -0.3 is 9.55 Å². The predicted molar refractivity (Wildman–Crippen MR) is 85.1 cm³/mol. The van der Waals surface area contributed by atoms with Crippen LogP contribution in [0.4, 0.5) is 0 Å². The number of rotatable bonds is 5. The number of nitrogens with zero attached hydrogens (tertiary/aromatic N) is 1. The van der Waals surface area contributed by atoms with Crippen molar-refractivity contribution in [3.63, 3.8) is 0 Å². The van der Waals surface area contributed by atoms with Gasteiger partial charge in [-0.2, -0.15) is 11.8 Å². The van der Waals surface area contributed by atoms with Crippen molar-refractivity contribution in [3.8, 4) is 0 Å². The lowest BCUT2D eigenvalue weighted by Crippen LogP contribution is -2.31. The van der Waals surface area contributed by atoms with Gasteiger partial charge in [-0.3, -0.25) is 0 Å². The fourth-order valence-electron chi connectivity index (χ4n) is 2.29. The lowest BCUT2D eigenvalue weighted by atomic mass is 9.92. The molecule has 0 aliphatic carbocycles. The zero-order valence-electron chi connectivity index (χ0n) is 12.5. The third kappa shape index (κ3) is 3.21. The van der Waals surface area contributed by atoms with E-state index < -0.39 is 0 Å². The van der Waals surface area contributed by atoms with Crippen LogP contribution in [0.2, 0.25) is 0 Å². The van der Waals surface area contributed by atoms with E-state index in [9.17, 15) is 0 Å². The normalized spacial score (nSPS) is 13.0. The Labute approximate surface area is 121 Å². The number of thioether (sulfide) groups is 1. The van der Waals surface area contributed by atoms with Crippen LogP contribution in [-0.2, 0) is 12.0 Å². The van der Waals surface area contributed by atoms with Crippen LogP contribution >= 0.6 is 24.0 Å². The van der Waals surface area contributed by atoms with Crippen LogP contribution in [0, 0.1) is 4.77 Å². The van der Waals surface area contributed by atoms with E-state index in [1.54, 1.807) is 0 Å². The molecule has 0 spiro atoms. The Morgan fingerprint density at radius 3 is 2.22 bits per heavy atom. The van der Waals surface area contributed by atoms with E-state index in [0.717, 1.165) is 11.3 Å². The van der Waals surface area contributed by atoms with Crippen LogP contribution in [0.1, 0.15) is 53.2 Å². The first kappa shape index (κ1) is 15.8. The van der Waals surface area contributed by atoms with Crippen LogP contribution in [0.5, 0.6) is 0 Å². The molecule has 0 aromatic carbocycles. The lowest BCUT2D eigenvalue weighted by Gasteiger charge is -2.32. The molecule has 0 amide bonds. The van der Waals surface area contributed by atoms with Gasteiger partial charge in [0.25, 0.3) is 0 Å². The van der Waals surface area contributed by atoms with Crippen LogP contribution in [0.3, 0.4) is 0 Å². The average molecular weight is 287 g/mol. The molecule has 0 aliphatic rings. The summed E-state index contributed by atoms with van der Waals surface area (Å²) >= 11 is 7.41.